The molecule has 0 heterocycles. The summed E-state index contributed by atoms with van der Waals surface area (Å²) >= 11 is 14.4. The van der Waals surface area contributed by atoms with Gasteiger partial charge in [-0.15, -0.1) is 0 Å². The van der Waals surface area contributed by atoms with Crippen molar-refractivity contribution in [3.8, 4) is 0 Å². The molecule has 0 aliphatic heterocycles. The molecule has 0 radical (unpaired) electrons. The molecule has 0 spiro atoms. The van der Waals surface area contributed by atoms with E-state index in [1.807, 2.05) is 0 Å². The van der Waals surface area contributed by atoms with E-state index in [0.29, 0.717) is 0 Å². The summed E-state index contributed by atoms with van der Waals surface area (Å²) in [4.78, 5) is 0. The molecule has 0 saturated heterocycles. The molecule has 0 amide bonds. The van der Waals surface area contributed by atoms with Crippen molar-refractivity contribution < 1.29 is 0 Å². The maximum absolute atomic E-state index is 4.81. The molecule has 0 aliphatic rings. The molecule has 0 aromatic heterocycles. The molecule has 0 unspecified atom stereocenters. The van der Waals surface area contributed by atoms with Crippen LogP contribution in [0.15, 0.2) is 0 Å². The first kappa shape index (κ1) is 4.87. The zero-order valence-electron chi connectivity index (χ0n) is 1.71. The molecule has 0 N–H and O–H groups in total. The van der Waals surface area contributed by atoms with Gasteiger partial charge in [-0.25, -0.2) is 0 Å². The molecule has 0 aliphatic carbocycles. The maximum Gasteiger partial charge on any atom is 0.180 e. The van der Waals surface area contributed by atoms with Crippen LogP contribution >= 0.6 is 34.8 Å². The predicted molar refractivity (Wildman–Crippen MR) is 21.3 cm³/mol. The van der Waals surface area contributed by atoms with Crippen molar-refractivity contribution in [2.75, 3.05) is 0 Å². The second kappa shape index (κ2) is 2.13. The second-order valence-electron chi connectivity index (χ2n) is 0.247. The lowest BCUT2D eigenvalue weighted by Gasteiger charge is -1.69. The van der Waals surface area contributed by atoms with Crippen molar-refractivity contribution in [3.63, 3.8) is 0 Å². The summed E-state index contributed by atoms with van der Waals surface area (Å²) in [5.74, 6) is 0. The van der Waals surface area contributed by atoms with Crippen molar-refractivity contribution in [1.82, 2.24) is 0 Å². The highest BCUT2D eigenvalue weighted by Crippen LogP contribution is 2.03. The zero-order valence-corrected chi connectivity index (χ0v) is 3.98. The first-order chi connectivity index (χ1) is 1.73. The highest BCUT2D eigenvalue weighted by Gasteiger charge is 1.78. The standard InChI is InChI=1S/CHCl3/c2-1(3)4/h1H/i1+2. The van der Waals surface area contributed by atoms with Gasteiger partial charge in [-0.1, -0.05) is 34.8 Å². The summed E-state index contributed by atoms with van der Waals surface area (Å²) in [5.41, 5.74) is 0. The Hall–Kier alpha value is 0.870. The van der Waals surface area contributed by atoms with Crippen LogP contribution in [0.1, 0.15) is 0 Å². The van der Waals surface area contributed by atoms with Crippen molar-refractivity contribution in [2.45, 2.75) is 4.30 Å². The zero-order chi connectivity index (χ0) is 3.58. The van der Waals surface area contributed by atoms with Crippen molar-refractivity contribution in [2.24, 2.45) is 0 Å². The summed E-state index contributed by atoms with van der Waals surface area (Å²) in [7, 11) is 0. The second-order valence-corrected chi connectivity index (χ2v) is 2.23. The minimum Gasteiger partial charge on any atom is -0.0874 e. The van der Waals surface area contributed by atoms with Gasteiger partial charge in [0.25, 0.3) is 0 Å². The third-order valence-electron chi connectivity index (χ3n) is 0. The van der Waals surface area contributed by atoms with Crippen LogP contribution in [-0.4, -0.2) is 4.30 Å². The van der Waals surface area contributed by atoms with E-state index in [2.05, 4.69) is 0 Å². The number of hydrogen-bond donors (Lipinski definition) is 0. The molecular formula is CHCl3. The van der Waals surface area contributed by atoms with Gasteiger partial charge < -0.3 is 0 Å². The Balaban J connectivity index is 2.32. The number of rotatable bonds is 0. The van der Waals surface area contributed by atoms with Crippen LogP contribution in [0.5, 0.6) is 0 Å². The van der Waals surface area contributed by atoms with E-state index < -0.39 is 4.30 Å². The summed E-state index contributed by atoms with van der Waals surface area (Å²) in [6.07, 6.45) is 0. The van der Waals surface area contributed by atoms with E-state index in [4.69, 9.17) is 34.8 Å². The fraction of sp³-hybridized carbons (Fsp3) is 1.00. The largest absolute Gasteiger partial charge is 0.180 e. The molecule has 4 heavy (non-hydrogen) atoms. The average molecular weight is 121 g/mol. The third-order valence-corrected chi connectivity index (χ3v) is 0. The molecule has 0 bridgehead atoms. The molecule has 0 nitrogen and oxygen atoms in total. The maximum atomic E-state index is 4.81. The molecule has 0 aromatic rings. The van der Waals surface area contributed by atoms with E-state index >= 15 is 0 Å². The van der Waals surface area contributed by atoms with Crippen LogP contribution in [0.25, 0.3) is 0 Å². The highest BCUT2D eigenvalue weighted by molar-refractivity contribution is 6.63. The Kier molecular flexibility index (Phi) is 2.59. The van der Waals surface area contributed by atoms with Gasteiger partial charge in [-0.05, 0) is 0 Å². The quantitative estimate of drug-likeness (QED) is 0.430. The van der Waals surface area contributed by atoms with E-state index in [1.54, 1.807) is 0 Å². The van der Waals surface area contributed by atoms with Gasteiger partial charge in [0, 0.05) is 0 Å². The molecular weight excluding hydrogens is 120 g/mol. The smallest absolute Gasteiger partial charge is 0.0874 e. The first-order valence-corrected chi connectivity index (χ1v) is 1.96. The molecule has 0 atom stereocenters. The van der Waals surface area contributed by atoms with Crippen LogP contribution < -0.4 is 0 Å². The molecule has 26 valence electrons. The van der Waals surface area contributed by atoms with Gasteiger partial charge in [-0.3, -0.25) is 0 Å². The lowest BCUT2D eigenvalue weighted by Crippen LogP contribution is -1.55. The van der Waals surface area contributed by atoms with Crippen LogP contribution in [0.4, 0.5) is 0 Å². The molecule has 3 heteroatoms. The van der Waals surface area contributed by atoms with Crippen LogP contribution in [0.3, 0.4) is 0 Å². The van der Waals surface area contributed by atoms with Crippen molar-refractivity contribution >= 4 is 34.8 Å². The Morgan fingerprint density at radius 1 is 1.00 bits per heavy atom. The molecule has 0 aromatic carbocycles. The Morgan fingerprint density at radius 3 is 1.00 bits per heavy atom. The van der Waals surface area contributed by atoms with E-state index in [1.165, 1.54) is 0 Å². The van der Waals surface area contributed by atoms with Gasteiger partial charge in [0.15, 0.2) is 4.30 Å². The Labute approximate surface area is 39.6 Å². The monoisotopic (exact) mass is 120 g/mol. The minimum atomic E-state index is -0.750. The van der Waals surface area contributed by atoms with Gasteiger partial charge in [-0.2, -0.15) is 0 Å². The lowest BCUT2D eigenvalue weighted by atomic mass is 13.9. The van der Waals surface area contributed by atoms with E-state index in [9.17, 15) is 0 Å². The SMILES string of the molecule is Cl[14CH](Cl)Cl. The van der Waals surface area contributed by atoms with Crippen molar-refractivity contribution in [1.29, 1.82) is 0 Å². The van der Waals surface area contributed by atoms with E-state index in [0.717, 1.165) is 0 Å². The molecule has 0 saturated carbocycles. The Morgan fingerprint density at radius 2 is 1.00 bits per heavy atom. The number of hydrogen-bond acceptors (Lipinski definition) is 0. The number of alkyl halides is 3. The van der Waals surface area contributed by atoms with Gasteiger partial charge in [0.1, 0.15) is 0 Å². The third kappa shape index (κ3) is 13.3. The van der Waals surface area contributed by atoms with Crippen LogP contribution in [-0.2, 0) is 0 Å². The fourth-order valence-corrected chi connectivity index (χ4v) is 0. The summed E-state index contributed by atoms with van der Waals surface area (Å²) in [5, 5.41) is 0. The highest BCUT2D eigenvalue weighted by atomic mass is 35.6. The summed E-state index contributed by atoms with van der Waals surface area (Å²) in [6, 6.07) is 0. The average Bonchev–Trinajstić information content (AvgIpc) is 0.811. The normalized spacial score (nSPS) is 9.00. The van der Waals surface area contributed by atoms with Crippen LogP contribution in [0, 0.1) is 0 Å². The van der Waals surface area contributed by atoms with Gasteiger partial charge >= 0.3 is 0 Å². The topological polar surface area (TPSA) is 0 Å². The summed E-state index contributed by atoms with van der Waals surface area (Å²) in [6.45, 7) is 0. The van der Waals surface area contributed by atoms with Gasteiger partial charge in [0.2, 0.25) is 0 Å². The van der Waals surface area contributed by atoms with Crippen LogP contribution in [0.2, 0.25) is 0 Å². The first-order valence-electron chi connectivity index (χ1n) is 0.655. The summed E-state index contributed by atoms with van der Waals surface area (Å²) < 4.78 is -0.750. The lowest BCUT2D eigenvalue weighted by molar-refractivity contribution is 1.96. The molecule has 0 rings (SSSR count). The predicted octanol–water partition coefficient (Wildman–Crippen LogP) is 1.99. The number of halogens is 3. The molecule has 0 fully saturated rings. The van der Waals surface area contributed by atoms with Crippen molar-refractivity contribution in [3.05, 3.63) is 0 Å². The Bertz CT molecular complexity index is 8.00. The fourth-order valence-electron chi connectivity index (χ4n) is 0. The minimum absolute atomic E-state index is 0.750. The van der Waals surface area contributed by atoms with Gasteiger partial charge in [0.05, 0.1) is 0 Å². The van der Waals surface area contributed by atoms with E-state index in [-0.39, 0.29) is 0 Å².